The van der Waals surface area contributed by atoms with Crippen LogP contribution in [0.5, 0.6) is 0 Å². The third-order valence-electron chi connectivity index (χ3n) is 3.72. The first-order chi connectivity index (χ1) is 10.1. The lowest BCUT2D eigenvalue weighted by atomic mass is 10.1. The first kappa shape index (κ1) is 14.7. The van der Waals surface area contributed by atoms with E-state index in [1.165, 1.54) is 0 Å². The van der Waals surface area contributed by atoms with Crippen LogP contribution < -0.4 is 4.90 Å². The third kappa shape index (κ3) is 3.17. The highest BCUT2D eigenvalue weighted by Crippen LogP contribution is 2.28. The summed E-state index contributed by atoms with van der Waals surface area (Å²) in [7, 11) is 2.14. The molecule has 1 aliphatic rings. The molecule has 1 N–H and O–H groups in total. The minimum Gasteiger partial charge on any atom is -0.340 e. The maximum Gasteiger partial charge on any atom is 0.204 e. The zero-order chi connectivity index (χ0) is 14.8. The van der Waals surface area contributed by atoms with Crippen molar-refractivity contribution in [3.8, 4) is 11.3 Å². The number of likely N-dealkylation sites (N-methyl/N-ethyl adjacent to an activating group) is 1. The molecule has 2 heterocycles. The predicted molar refractivity (Wildman–Crippen MR) is 92.3 cm³/mol. The van der Waals surface area contributed by atoms with Gasteiger partial charge in [-0.15, -0.1) is 0 Å². The lowest BCUT2D eigenvalue weighted by Crippen LogP contribution is -2.45. The van der Waals surface area contributed by atoms with Gasteiger partial charge in [-0.3, -0.25) is 0 Å². The number of benzene rings is 1. The number of nitrogens with zero attached hydrogens (tertiary/aromatic N) is 3. The Balaban J connectivity index is 2.00. The molecule has 6 heteroatoms. The van der Waals surface area contributed by atoms with E-state index in [9.17, 15) is 0 Å². The lowest BCUT2D eigenvalue weighted by Gasteiger charge is -2.33. The van der Waals surface area contributed by atoms with Crippen molar-refractivity contribution < 1.29 is 0 Å². The Labute approximate surface area is 137 Å². The number of H-pyrrole nitrogens is 1. The Hall–Kier alpha value is -1.24. The molecule has 0 spiro atoms. The largest absolute Gasteiger partial charge is 0.340 e. The number of rotatable bonds is 2. The van der Waals surface area contributed by atoms with Gasteiger partial charge in [0, 0.05) is 26.2 Å². The molecule has 0 amide bonds. The number of hydrogen-bond donors (Lipinski definition) is 1. The molecular weight excluding hydrogens is 348 g/mol. The molecule has 3 rings (SSSR count). The molecule has 4 nitrogen and oxygen atoms in total. The van der Waals surface area contributed by atoms with Crippen LogP contribution in [0.1, 0.15) is 0 Å². The third-order valence-corrected chi connectivity index (χ3v) is 5.05. The van der Waals surface area contributed by atoms with E-state index in [1.807, 2.05) is 18.2 Å². The second-order valence-corrected chi connectivity index (χ2v) is 6.39. The van der Waals surface area contributed by atoms with Crippen LogP contribution in [0.2, 0.25) is 0 Å². The lowest BCUT2D eigenvalue weighted by molar-refractivity contribution is 0.311. The van der Waals surface area contributed by atoms with Gasteiger partial charge in [0.1, 0.15) is 4.64 Å². The predicted octanol–water partition coefficient (Wildman–Crippen LogP) is 3.32. The smallest absolute Gasteiger partial charge is 0.204 e. The molecule has 21 heavy (non-hydrogen) atoms. The second-order valence-electron chi connectivity index (χ2n) is 5.21. The Morgan fingerprint density at radius 2 is 1.81 bits per heavy atom. The molecule has 1 saturated heterocycles. The van der Waals surface area contributed by atoms with Crippen LogP contribution in [0.3, 0.4) is 0 Å². The summed E-state index contributed by atoms with van der Waals surface area (Å²) in [6, 6.07) is 10.2. The van der Waals surface area contributed by atoms with Crippen molar-refractivity contribution in [1.82, 2.24) is 14.9 Å². The monoisotopic (exact) mass is 364 g/mol. The molecule has 2 aromatic rings. The normalized spacial score (nSPS) is 16.2. The van der Waals surface area contributed by atoms with Crippen LogP contribution in [0.25, 0.3) is 11.3 Å². The van der Waals surface area contributed by atoms with Crippen molar-refractivity contribution in [1.29, 1.82) is 0 Å². The molecular formula is C15H17BrN4S. The summed E-state index contributed by atoms with van der Waals surface area (Å²) in [4.78, 5) is 12.5. The first-order valence-corrected chi connectivity index (χ1v) is 8.14. The van der Waals surface area contributed by atoms with E-state index in [2.05, 4.69) is 54.9 Å². The molecule has 0 radical (unpaired) electrons. The Morgan fingerprint density at radius 1 is 1.14 bits per heavy atom. The SMILES string of the molecule is CN1CCN(c2nc(=S)c(Br)c(-c3ccccc3)[nH]2)CC1. The fourth-order valence-electron chi connectivity index (χ4n) is 2.42. The van der Waals surface area contributed by atoms with Gasteiger partial charge < -0.3 is 14.8 Å². The van der Waals surface area contributed by atoms with Crippen molar-refractivity contribution in [3.63, 3.8) is 0 Å². The highest BCUT2D eigenvalue weighted by molar-refractivity contribution is 9.10. The molecule has 110 valence electrons. The van der Waals surface area contributed by atoms with Crippen molar-refractivity contribution in [3.05, 3.63) is 39.4 Å². The van der Waals surface area contributed by atoms with E-state index < -0.39 is 0 Å². The fraction of sp³-hybridized carbons (Fsp3) is 0.333. The maximum atomic E-state index is 5.41. The summed E-state index contributed by atoms with van der Waals surface area (Å²) in [5, 5.41) is 0. The summed E-state index contributed by atoms with van der Waals surface area (Å²) in [6.45, 7) is 4.01. The van der Waals surface area contributed by atoms with Gasteiger partial charge in [0.05, 0.1) is 10.2 Å². The van der Waals surface area contributed by atoms with E-state index in [1.54, 1.807) is 0 Å². The minimum absolute atomic E-state index is 0.599. The zero-order valence-corrected chi connectivity index (χ0v) is 14.2. The molecule has 1 aliphatic heterocycles. The Kier molecular flexibility index (Phi) is 4.37. The van der Waals surface area contributed by atoms with Gasteiger partial charge in [-0.05, 0) is 28.5 Å². The molecule has 0 bridgehead atoms. The summed E-state index contributed by atoms with van der Waals surface area (Å²) < 4.78 is 1.45. The summed E-state index contributed by atoms with van der Waals surface area (Å²) in [6.07, 6.45) is 0. The average Bonchev–Trinajstić information content (AvgIpc) is 2.51. The van der Waals surface area contributed by atoms with Gasteiger partial charge in [0.25, 0.3) is 0 Å². The van der Waals surface area contributed by atoms with Gasteiger partial charge >= 0.3 is 0 Å². The van der Waals surface area contributed by atoms with E-state index in [4.69, 9.17) is 12.2 Å². The quantitative estimate of drug-likeness (QED) is 0.829. The van der Waals surface area contributed by atoms with E-state index in [0.717, 1.165) is 47.9 Å². The van der Waals surface area contributed by atoms with Crippen LogP contribution in [0.4, 0.5) is 5.95 Å². The topological polar surface area (TPSA) is 35.2 Å². The molecule has 0 unspecified atom stereocenters. The van der Waals surface area contributed by atoms with Gasteiger partial charge in [0.15, 0.2) is 0 Å². The van der Waals surface area contributed by atoms with Crippen LogP contribution in [-0.2, 0) is 0 Å². The number of hydrogen-bond acceptors (Lipinski definition) is 4. The van der Waals surface area contributed by atoms with Crippen molar-refractivity contribution in [2.75, 3.05) is 38.1 Å². The molecule has 0 atom stereocenters. The molecule has 1 aromatic heterocycles. The van der Waals surface area contributed by atoms with E-state index in [-0.39, 0.29) is 0 Å². The van der Waals surface area contributed by atoms with Crippen molar-refractivity contribution >= 4 is 34.1 Å². The number of aromatic amines is 1. The Morgan fingerprint density at radius 3 is 2.48 bits per heavy atom. The van der Waals surface area contributed by atoms with Gasteiger partial charge in [0.2, 0.25) is 5.95 Å². The van der Waals surface area contributed by atoms with Crippen molar-refractivity contribution in [2.24, 2.45) is 0 Å². The van der Waals surface area contributed by atoms with Gasteiger partial charge in [-0.25, -0.2) is 4.98 Å². The maximum absolute atomic E-state index is 5.41. The molecule has 0 saturated carbocycles. The highest BCUT2D eigenvalue weighted by Gasteiger charge is 2.18. The molecule has 0 aliphatic carbocycles. The molecule has 1 aromatic carbocycles. The van der Waals surface area contributed by atoms with Gasteiger partial charge in [-0.2, -0.15) is 0 Å². The van der Waals surface area contributed by atoms with E-state index >= 15 is 0 Å². The summed E-state index contributed by atoms with van der Waals surface area (Å²) >= 11 is 8.97. The summed E-state index contributed by atoms with van der Waals surface area (Å²) in [5.41, 5.74) is 2.10. The zero-order valence-electron chi connectivity index (χ0n) is 11.8. The number of piperazine rings is 1. The van der Waals surface area contributed by atoms with Crippen LogP contribution >= 0.6 is 28.1 Å². The molecule has 1 fully saturated rings. The highest BCUT2D eigenvalue weighted by atomic mass is 79.9. The number of aromatic nitrogens is 2. The van der Waals surface area contributed by atoms with Crippen LogP contribution in [0, 0.1) is 4.64 Å². The van der Waals surface area contributed by atoms with E-state index in [0.29, 0.717) is 4.64 Å². The van der Waals surface area contributed by atoms with Crippen LogP contribution in [-0.4, -0.2) is 48.1 Å². The number of anilines is 1. The fourth-order valence-corrected chi connectivity index (χ4v) is 3.02. The van der Waals surface area contributed by atoms with Gasteiger partial charge in [-0.1, -0.05) is 42.5 Å². The number of halogens is 1. The Bertz CT molecular complexity index is 678. The first-order valence-electron chi connectivity index (χ1n) is 6.94. The standard InChI is InChI=1S/C15H17BrN4S/c1-19-7-9-20(10-8-19)15-17-13(12(16)14(21)18-15)11-5-3-2-4-6-11/h2-6H,7-10H2,1H3,(H,17,18,21). The number of nitrogens with one attached hydrogen (secondary N) is 1. The van der Waals surface area contributed by atoms with Crippen LogP contribution in [0.15, 0.2) is 34.8 Å². The van der Waals surface area contributed by atoms with Crippen molar-refractivity contribution in [2.45, 2.75) is 0 Å². The second kappa shape index (κ2) is 6.25. The summed E-state index contributed by atoms with van der Waals surface area (Å²) in [5.74, 6) is 0.857. The average molecular weight is 365 g/mol. The minimum atomic E-state index is 0.599.